The molecule has 1 aromatic heterocycles. The summed E-state index contributed by atoms with van der Waals surface area (Å²) in [6.07, 6.45) is 5.73. The molecule has 0 bridgehead atoms. The number of rotatable bonds is 6. The highest BCUT2D eigenvalue weighted by Crippen LogP contribution is 2.15. The van der Waals surface area contributed by atoms with Gasteiger partial charge in [-0.25, -0.2) is 4.98 Å². The summed E-state index contributed by atoms with van der Waals surface area (Å²) < 4.78 is 5.66. The summed E-state index contributed by atoms with van der Waals surface area (Å²) in [6, 6.07) is 4.08. The Bertz CT molecular complexity index is 342. The Balaban J connectivity index is 1.66. The fourth-order valence-corrected chi connectivity index (χ4v) is 2.29. The molecule has 1 aromatic rings. The van der Waals surface area contributed by atoms with Crippen molar-refractivity contribution in [3.05, 3.63) is 23.9 Å². The van der Waals surface area contributed by atoms with E-state index < -0.39 is 0 Å². The zero-order valence-corrected chi connectivity index (χ0v) is 11.6. The molecule has 1 aliphatic rings. The van der Waals surface area contributed by atoms with Gasteiger partial charge in [0.25, 0.3) is 0 Å². The largest absolute Gasteiger partial charge is 0.478 e. The van der Waals surface area contributed by atoms with E-state index in [0.29, 0.717) is 5.92 Å². The Morgan fingerprint density at radius 2 is 2.06 bits per heavy atom. The third-order valence-corrected chi connectivity index (χ3v) is 3.49. The molecule has 1 aliphatic heterocycles. The Morgan fingerprint density at radius 1 is 1.28 bits per heavy atom. The maximum absolute atomic E-state index is 5.66. The lowest BCUT2D eigenvalue weighted by Gasteiger charge is -2.14. The second-order valence-corrected chi connectivity index (χ2v) is 5.34. The number of nitrogens with zero attached hydrogens (tertiary/aromatic N) is 2. The minimum atomic E-state index is 0.529. The first kappa shape index (κ1) is 13.3. The van der Waals surface area contributed by atoms with Gasteiger partial charge in [0.15, 0.2) is 0 Å². The molecule has 0 amide bonds. The molecule has 0 aliphatic carbocycles. The van der Waals surface area contributed by atoms with Crippen LogP contribution in [0.1, 0.15) is 44.6 Å². The van der Waals surface area contributed by atoms with Crippen molar-refractivity contribution in [2.45, 2.75) is 39.0 Å². The third-order valence-electron chi connectivity index (χ3n) is 3.49. The van der Waals surface area contributed by atoms with Crippen LogP contribution in [0.25, 0.3) is 0 Å². The molecule has 0 atom stereocenters. The minimum absolute atomic E-state index is 0.529. The molecule has 0 unspecified atom stereocenters. The molecule has 0 saturated carbocycles. The van der Waals surface area contributed by atoms with Crippen molar-refractivity contribution in [3.63, 3.8) is 0 Å². The molecule has 18 heavy (non-hydrogen) atoms. The molecule has 100 valence electrons. The molecule has 0 N–H and O–H groups in total. The van der Waals surface area contributed by atoms with Gasteiger partial charge in [-0.1, -0.05) is 19.9 Å². The van der Waals surface area contributed by atoms with Crippen LogP contribution in [0.2, 0.25) is 0 Å². The van der Waals surface area contributed by atoms with Crippen molar-refractivity contribution in [2.75, 3.05) is 26.2 Å². The van der Waals surface area contributed by atoms with Crippen molar-refractivity contribution in [2.24, 2.45) is 0 Å². The Morgan fingerprint density at radius 3 is 2.67 bits per heavy atom. The summed E-state index contributed by atoms with van der Waals surface area (Å²) in [6.45, 7) is 8.80. The van der Waals surface area contributed by atoms with Crippen molar-refractivity contribution in [3.8, 4) is 5.88 Å². The number of hydrogen-bond donors (Lipinski definition) is 0. The molecule has 0 radical (unpaired) electrons. The SMILES string of the molecule is CC(C)c1ccc(OCCCN2CCCC2)nc1. The van der Waals surface area contributed by atoms with Crippen LogP contribution in [0, 0.1) is 0 Å². The molecular formula is C15H24N2O. The van der Waals surface area contributed by atoms with Gasteiger partial charge in [0.2, 0.25) is 5.88 Å². The summed E-state index contributed by atoms with van der Waals surface area (Å²) >= 11 is 0. The minimum Gasteiger partial charge on any atom is -0.478 e. The maximum atomic E-state index is 5.66. The third kappa shape index (κ3) is 3.98. The first-order valence-electron chi connectivity index (χ1n) is 7.07. The predicted octanol–water partition coefficient (Wildman–Crippen LogP) is 3.07. The number of ether oxygens (including phenoxy) is 1. The molecule has 0 spiro atoms. The summed E-state index contributed by atoms with van der Waals surface area (Å²) in [5.74, 6) is 1.28. The van der Waals surface area contributed by atoms with E-state index in [0.717, 1.165) is 25.5 Å². The highest BCUT2D eigenvalue weighted by atomic mass is 16.5. The Hall–Kier alpha value is -1.09. The van der Waals surface area contributed by atoms with Crippen LogP contribution in [0.4, 0.5) is 0 Å². The van der Waals surface area contributed by atoms with E-state index in [1.807, 2.05) is 12.3 Å². The van der Waals surface area contributed by atoms with E-state index in [2.05, 4.69) is 29.8 Å². The first-order chi connectivity index (χ1) is 8.75. The lowest BCUT2D eigenvalue weighted by Crippen LogP contribution is -2.21. The van der Waals surface area contributed by atoms with Crippen molar-refractivity contribution in [1.82, 2.24) is 9.88 Å². The van der Waals surface area contributed by atoms with E-state index in [1.165, 1.54) is 31.5 Å². The second-order valence-electron chi connectivity index (χ2n) is 5.34. The van der Waals surface area contributed by atoms with Gasteiger partial charge in [-0.05, 0) is 43.8 Å². The van der Waals surface area contributed by atoms with E-state index in [1.54, 1.807) is 0 Å². The molecular weight excluding hydrogens is 224 g/mol. The Labute approximate surface area is 110 Å². The molecule has 1 fully saturated rings. The monoisotopic (exact) mass is 248 g/mol. The lowest BCUT2D eigenvalue weighted by molar-refractivity contribution is 0.257. The van der Waals surface area contributed by atoms with Crippen LogP contribution in [0.5, 0.6) is 5.88 Å². The number of aromatic nitrogens is 1. The first-order valence-corrected chi connectivity index (χ1v) is 7.07. The van der Waals surface area contributed by atoms with Crippen LogP contribution >= 0.6 is 0 Å². The van der Waals surface area contributed by atoms with Crippen molar-refractivity contribution >= 4 is 0 Å². The van der Waals surface area contributed by atoms with Gasteiger partial charge in [-0.15, -0.1) is 0 Å². The van der Waals surface area contributed by atoms with Crippen LogP contribution < -0.4 is 4.74 Å². The normalized spacial score (nSPS) is 16.4. The summed E-state index contributed by atoms with van der Waals surface area (Å²) in [4.78, 5) is 6.85. The zero-order valence-electron chi connectivity index (χ0n) is 11.6. The van der Waals surface area contributed by atoms with Gasteiger partial charge < -0.3 is 9.64 Å². The van der Waals surface area contributed by atoms with E-state index in [-0.39, 0.29) is 0 Å². The molecule has 3 nitrogen and oxygen atoms in total. The smallest absolute Gasteiger partial charge is 0.213 e. The van der Waals surface area contributed by atoms with E-state index in [4.69, 9.17) is 4.74 Å². The fourth-order valence-electron chi connectivity index (χ4n) is 2.29. The van der Waals surface area contributed by atoms with Gasteiger partial charge in [-0.2, -0.15) is 0 Å². The maximum Gasteiger partial charge on any atom is 0.213 e. The molecule has 2 rings (SSSR count). The average Bonchev–Trinajstić information content (AvgIpc) is 2.88. The lowest BCUT2D eigenvalue weighted by atomic mass is 10.1. The van der Waals surface area contributed by atoms with Crippen LogP contribution in [0.15, 0.2) is 18.3 Å². The van der Waals surface area contributed by atoms with Gasteiger partial charge in [-0.3, -0.25) is 0 Å². The summed E-state index contributed by atoms with van der Waals surface area (Å²) in [5, 5.41) is 0. The van der Waals surface area contributed by atoms with Crippen molar-refractivity contribution in [1.29, 1.82) is 0 Å². The number of hydrogen-bond acceptors (Lipinski definition) is 3. The summed E-state index contributed by atoms with van der Waals surface area (Å²) in [7, 11) is 0. The second kappa shape index (κ2) is 6.74. The van der Waals surface area contributed by atoms with Gasteiger partial charge in [0.1, 0.15) is 0 Å². The number of pyridine rings is 1. The standard InChI is InChI=1S/C15H24N2O/c1-13(2)14-6-7-15(16-12-14)18-11-5-10-17-8-3-4-9-17/h6-7,12-13H,3-5,8-11H2,1-2H3. The van der Waals surface area contributed by atoms with E-state index in [9.17, 15) is 0 Å². The number of likely N-dealkylation sites (tertiary alicyclic amines) is 1. The quantitative estimate of drug-likeness (QED) is 0.723. The molecule has 1 saturated heterocycles. The zero-order chi connectivity index (χ0) is 12.8. The van der Waals surface area contributed by atoms with Gasteiger partial charge >= 0.3 is 0 Å². The topological polar surface area (TPSA) is 25.4 Å². The molecule has 0 aromatic carbocycles. The van der Waals surface area contributed by atoms with Gasteiger partial charge in [0, 0.05) is 18.8 Å². The Kier molecular flexibility index (Phi) is 5.00. The van der Waals surface area contributed by atoms with Crippen LogP contribution in [0.3, 0.4) is 0 Å². The molecule has 3 heteroatoms. The highest BCUT2D eigenvalue weighted by molar-refractivity contribution is 5.20. The van der Waals surface area contributed by atoms with Crippen LogP contribution in [-0.4, -0.2) is 36.1 Å². The highest BCUT2D eigenvalue weighted by Gasteiger charge is 2.10. The van der Waals surface area contributed by atoms with Gasteiger partial charge in [0.05, 0.1) is 6.61 Å². The van der Waals surface area contributed by atoms with Crippen molar-refractivity contribution < 1.29 is 4.74 Å². The predicted molar refractivity (Wildman–Crippen MR) is 74.1 cm³/mol. The fraction of sp³-hybridized carbons (Fsp3) is 0.667. The van der Waals surface area contributed by atoms with E-state index >= 15 is 0 Å². The summed E-state index contributed by atoms with van der Waals surface area (Å²) in [5.41, 5.74) is 1.26. The van der Waals surface area contributed by atoms with Crippen LogP contribution in [-0.2, 0) is 0 Å². The molecule has 2 heterocycles. The average molecular weight is 248 g/mol.